The van der Waals surface area contributed by atoms with E-state index < -0.39 is 0 Å². The average molecular weight is 365 g/mol. The third-order valence-corrected chi connectivity index (χ3v) is 4.91. The van der Waals surface area contributed by atoms with Gasteiger partial charge in [-0.1, -0.05) is 30.3 Å². The predicted molar refractivity (Wildman–Crippen MR) is 103 cm³/mol. The number of benzene rings is 2. The van der Waals surface area contributed by atoms with Crippen molar-refractivity contribution in [3.63, 3.8) is 0 Å². The van der Waals surface area contributed by atoms with Crippen LogP contribution in [0.5, 0.6) is 5.75 Å². The summed E-state index contributed by atoms with van der Waals surface area (Å²) >= 11 is 0. The van der Waals surface area contributed by atoms with E-state index in [1.807, 2.05) is 61.5 Å². The summed E-state index contributed by atoms with van der Waals surface area (Å²) in [5.74, 6) is 1.38. The van der Waals surface area contributed by atoms with Crippen molar-refractivity contribution < 1.29 is 14.3 Å². The fraction of sp³-hybridized carbons (Fsp3) is 0.333. The summed E-state index contributed by atoms with van der Waals surface area (Å²) in [6.07, 6.45) is 0. The second-order valence-electron chi connectivity index (χ2n) is 6.62. The van der Waals surface area contributed by atoms with E-state index in [4.69, 9.17) is 9.47 Å². The number of morpholine rings is 1. The number of ether oxygens (including phenoxy) is 2. The zero-order chi connectivity index (χ0) is 18.6. The Morgan fingerprint density at radius 2 is 1.81 bits per heavy atom. The molecule has 0 amide bonds. The maximum absolute atomic E-state index is 13.3. The fourth-order valence-electron chi connectivity index (χ4n) is 3.39. The minimum Gasteiger partial charge on any atom is -0.486 e. The number of rotatable bonds is 5. The molecule has 0 aliphatic carbocycles. The first-order chi connectivity index (χ1) is 13.2. The summed E-state index contributed by atoms with van der Waals surface area (Å²) < 4.78 is 13.0. The lowest BCUT2D eigenvalue weighted by atomic mass is 10.2. The molecule has 140 valence electrons. The van der Waals surface area contributed by atoms with Crippen molar-refractivity contribution in [2.24, 2.45) is 0 Å². The zero-order valence-corrected chi connectivity index (χ0v) is 15.4. The van der Waals surface area contributed by atoms with Gasteiger partial charge in [0.15, 0.2) is 5.82 Å². The van der Waals surface area contributed by atoms with Crippen molar-refractivity contribution in [2.75, 3.05) is 26.3 Å². The SMILES string of the molecule is CC(C(=O)n1c(COc2ccccc2)nc2ccccc21)N1CCOCC1. The van der Waals surface area contributed by atoms with Gasteiger partial charge < -0.3 is 9.47 Å². The molecular formula is C21H23N3O3. The highest BCUT2D eigenvalue weighted by molar-refractivity contribution is 5.93. The van der Waals surface area contributed by atoms with Gasteiger partial charge in [-0.3, -0.25) is 14.3 Å². The number of para-hydroxylation sites is 3. The molecule has 0 spiro atoms. The maximum atomic E-state index is 13.3. The number of nitrogens with zero attached hydrogens (tertiary/aromatic N) is 3. The molecule has 6 nitrogen and oxygen atoms in total. The lowest BCUT2D eigenvalue weighted by Crippen LogP contribution is -2.47. The van der Waals surface area contributed by atoms with Crippen LogP contribution in [0, 0.1) is 0 Å². The first-order valence-electron chi connectivity index (χ1n) is 9.24. The molecule has 1 aliphatic heterocycles. The Balaban J connectivity index is 1.64. The molecule has 1 fully saturated rings. The third-order valence-electron chi connectivity index (χ3n) is 4.91. The summed E-state index contributed by atoms with van der Waals surface area (Å²) in [5, 5.41) is 0. The smallest absolute Gasteiger partial charge is 0.249 e. The first-order valence-corrected chi connectivity index (χ1v) is 9.24. The van der Waals surface area contributed by atoms with Gasteiger partial charge in [0, 0.05) is 13.1 Å². The van der Waals surface area contributed by atoms with Crippen LogP contribution >= 0.6 is 0 Å². The van der Waals surface area contributed by atoms with Gasteiger partial charge in [-0.25, -0.2) is 4.98 Å². The molecule has 1 saturated heterocycles. The predicted octanol–water partition coefficient (Wildman–Crippen LogP) is 2.98. The molecule has 0 radical (unpaired) electrons. The molecule has 1 atom stereocenters. The summed E-state index contributed by atoms with van der Waals surface area (Å²) in [4.78, 5) is 20.1. The van der Waals surface area contributed by atoms with E-state index in [0.29, 0.717) is 19.0 Å². The molecule has 1 aromatic heterocycles. The van der Waals surface area contributed by atoms with Gasteiger partial charge in [0.1, 0.15) is 12.4 Å². The fourth-order valence-corrected chi connectivity index (χ4v) is 3.39. The molecule has 0 bridgehead atoms. The van der Waals surface area contributed by atoms with Crippen molar-refractivity contribution in [3.05, 3.63) is 60.4 Å². The van der Waals surface area contributed by atoms with E-state index in [0.717, 1.165) is 29.9 Å². The van der Waals surface area contributed by atoms with Gasteiger partial charge in [-0.05, 0) is 31.2 Å². The van der Waals surface area contributed by atoms with Crippen LogP contribution in [0.2, 0.25) is 0 Å². The molecular weight excluding hydrogens is 342 g/mol. The molecule has 3 aromatic rings. The highest BCUT2D eigenvalue weighted by Gasteiger charge is 2.27. The van der Waals surface area contributed by atoms with Gasteiger partial charge in [0.2, 0.25) is 5.91 Å². The molecule has 0 N–H and O–H groups in total. The second kappa shape index (κ2) is 7.90. The topological polar surface area (TPSA) is 56.6 Å². The highest BCUT2D eigenvalue weighted by atomic mass is 16.5. The van der Waals surface area contributed by atoms with Crippen molar-refractivity contribution in [1.82, 2.24) is 14.5 Å². The van der Waals surface area contributed by atoms with Crippen LogP contribution in [-0.4, -0.2) is 52.7 Å². The zero-order valence-electron chi connectivity index (χ0n) is 15.4. The lowest BCUT2D eigenvalue weighted by Gasteiger charge is -2.31. The minimum absolute atomic E-state index is 0.0114. The highest BCUT2D eigenvalue weighted by Crippen LogP contribution is 2.20. The summed E-state index contributed by atoms with van der Waals surface area (Å²) in [7, 11) is 0. The Morgan fingerprint density at radius 1 is 1.11 bits per heavy atom. The summed E-state index contributed by atoms with van der Waals surface area (Å²) in [6.45, 7) is 5.02. The number of hydrogen-bond donors (Lipinski definition) is 0. The van der Waals surface area contributed by atoms with Gasteiger partial charge in [-0.15, -0.1) is 0 Å². The molecule has 2 aromatic carbocycles. The van der Waals surface area contributed by atoms with E-state index in [9.17, 15) is 4.79 Å². The van der Waals surface area contributed by atoms with Crippen LogP contribution in [0.15, 0.2) is 54.6 Å². The van der Waals surface area contributed by atoms with Gasteiger partial charge in [0.25, 0.3) is 0 Å². The van der Waals surface area contributed by atoms with Crippen molar-refractivity contribution in [3.8, 4) is 5.75 Å². The van der Waals surface area contributed by atoms with Crippen LogP contribution < -0.4 is 4.74 Å². The molecule has 27 heavy (non-hydrogen) atoms. The number of fused-ring (bicyclic) bond motifs is 1. The first kappa shape index (κ1) is 17.7. The Labute approximate surface area is 158 Å². The molecule has 4 rings (SSSR count). The molecule has 0 saturated carbocycles. The van der Waals surface area contributed by atoms with E-state index in [2.05, 4.69) is 9.88 Å². The van der Waals surface area contributed by atoms with Crippen molar-refractivity contribution in [1.29, 1.82) is 0 Å². The third kappa shape index (κ3) is 3.72. The van der Waals surface area contributed by atoms with E-state index in [1.54, 1.807) is 4.57 Å². The Kier molecular flexibility index (Phi) is 5.18. The van der Waals surface area contributed by atoms with E-state index in [-0.39, 0.29) is 18.6 Å². The molecule has 2 heterocycles. The summed E-state index contributed by atoms with van der Waals surface area (Å²) in [5.41, 5.74) is 1.61. The number of carbonyl (C=O) groups is 1. The van der Waals surface area contributed by atoms with Crippen LogP contribution in [0.1, 0.15) is 17.5 Å². The Morgan fingerprint density at radius 3 is 2.59 bits per heavy atom. The molecule has 1 unspecified atom stereocenters. The summed E-state index contributed by atoms with van der Waals surface area (Å²) in [6, 6.07) is 17.0. The van der Waals surface area contributed by atoms with Crippen molar-refractivity contribution >= 4 is 16.9 Å². The quantitative estimate of drug-likeness (QED) is 0.696. The van der Waals surface area contributed by atoms with E-state index >= 15 is 0 Å². The van der Waals surface area contributed by atoms with Gasteiger partial charge >= 0.3 is 0 Å². The maximum Gasteiger partial charge on any atom is 0.249 e. The standard InChI is InChI=1S/C21H23N3O3/c1-16(23-11-13-26-14-12-23)21(25)24-19-10-6-5-9-18(19)22-20(24)15-27-17-7-3-2-4-8-17/h2-10,16H,11-15H2,1H3. The van der Waals surface area contributed by atoms with Crippen LogP contribution in [0.3, 0.4) is 0 Å². The normalized spacial score (nSPS) is 16.3. The van der Waals surface area contributed by atoms with Crippen LogP contribution in [0.25, 0.3) is 11.0 Å². The second-order valence-corrected chi connectivity index (χ2v) is 6.62. The molecule has 1 aliphatic rings. The Hall–Kier alpha value is -2.70. The Bertz CT molecular complexity index is 917. The number of aromatic nitrogens is 2. The minimum atomic E-state index is -0.248. The van der Waals surface area contributed by atoms with E-state index in [1.165, 1.54) is 0 Å². The number of hydrogen-bond acceptors (Lipinski definition) is 5. The largest absolute Gasteiger partial charge is 0.486 e. The van der Waals surface area contributed by atoms with Gasteiger partial charge in [0.05, 0.1) is 30.3 Å². The van der Waals surface area contributed by atoms with Crippen LogP contribution in [-0.2, 0) is 11.3 Å². The monoisotopic (exact) mass is 365 g/mol. The van der Waals surface area contributed by atoms with Crippen molar-refractivity contribution in [2.45, 2.75) is 19.6 Å². The molecule has 6 heteroatoms. The lowest BCUT2D eigenvalue weighted by molar-refractivity contribution is 0.0181. The average Bonchev–Trinajstić information content (AvgIpc) is 3.11. The number of carbonyl (C=O) groups excluding carboxylic acids is 1. The number of imidazole rings is 1. The van der Waals surface area contributed by atoms with Crippen LogP contribution in [0.4, 0.5) is 0 Å². The van der Waals surface area contributed by atoms with Gasteiger partial charge in [-0.2, -0.15) is 0 Å².